The molecule has 6 heteroatoms. The topological polar surface area (TPSA) is 59.1 Å². The third-order valence-electron chi connectivity index (χ3n) is 4.93. The van der Waals surface area contributed by atoms with Gasteiger partial charge in [-0.3, -0.25) is 14.6 Å². The number of methoxy groups -OCH3 is 2. The fraction of sp³-hybridized carbons (Fsp3) is 0.500. The quantitative estimate of drug-likeness (QED) is 0.553. The Morgan fingerprint density at radius 1 is 1.31 bits per heavy atom. The van der Waals surface area contributed by atoms with E-state index in [9.17, 15) is 9.59 Å². The lowest BCUT2D eigenvalue weighted by molar-refractivity contribution is -0.150. The van der Waals surface area contributed by atoms with Crippen molar-refractivity contribution in [2.75, 3.05) is 38.8 Å². The van der Waals surface area contributed by atoms with Crippen LogP contribution in [-0.2, 0) is 14.3 Å². The first-order valence-electron chi connectivity index (χ1n) is 8.91. The largest absolute Gasteiger partial charge is 0.497 e. The van der Waals surface area contributed by atoms with Crippen LogP contribution in [-0.4, -0.2) is 56.2 Å². The van der Waals surface area contributed by atoms with E-state index in [1.54, 1.807) is 25.0 Å². The number of piperidine rings is 1. The average Bonchev–Trinajstić information content (AvgIpc) is 2.69. The lowest BCUT2D eigenvalue weighted by Gasteiger charge is -2.46. The van der Waals surface area contributed by atoms with Gasteiger partial charge < -0.3 is 9.47 Å². The van der Waals surface area contributed by atoms with Gasteiger partial charge in [0.05, 0.1) is 14.2 Å². The molecule has 142 valence electrons. The zero-order valence-corrected chi connectivity index (χ0v) is 15.9. The van der Waals surface area contributed by atoms with Crippen molar-refractivity contribution in [2.45, 2.75) is 31.7 Å². The second-order valence-corrected chi connectivity index (χ2v) is 6.40. The fourth-order valence-electron chi connectivity index (χ4n) is 3.53. The summed E-state index contributed by atoms with van der Waals surface area (Å²) >= 11 is 0. The summed E-state index contributed by atoms with van der Waals surface area (Å²) in [5.74, 6) is 0.154. The van der Waals surface area contributed by atoms with Crippen LogP contribution in [0.5, 0.6) is 5.75 Å². The molecule has 0 aliphatic carbocycles. The van der Waals surface area contributed by atoms with Crippen molar-refractivity contribution in [1.82, 2.24) is 4.90 Å². The molecule has 1 aromatic rings. The van der Waals surface area contributed by atoms with Crippen molar-refractivity contribution in [2.24, 2.45) is 0 Å². The molecule has 0 N–H and O–H groups in total. The van der Waals surface area contributed by atoms with Gasteiger partial charge in [0.2, 0.25) is 5.91 Å². The molecule has 1 aromatic carbocycles. The maximum absolute atomic E-state index is 12.9. The summed E-state index contributed by atoms with van der Waals surface area (Å²) in [6.45, 7) is 7.72. The molecule has 26 heavy (non-hydrogen) atoms. The minimum atomic E-state index is -1.01. The van der Waals surface area contributed by atoms with E-state index in [0.717, 1.165) is 6.54 Å². The summed E-state index contributed by atoms with van der Waals surface area (Å²) in [6.07, 6.45) is 3.17. The van der Waals surface area contributed by atoms with Crippen LogP contribution in [0.25, 0.3) is 0 Å². The minimum absolute atomic E-state index is 0.110. The Morgan fingerprint density at radius 2 is 2.00 bits per heavy atom. The third kappa shape index (κ3) is 3.90. The van der Waals surface area contributed by atoms with Crippen molar-refractivity contribution in [3.8, 4) is 5.75 Å². The number of esters is 1. The number of amides is 1. The van der Waals surface area contributed by atoms with Crippen LogP contribution in [0.3, 0.4) is 0 Å². The third-order valence-corrected chi connectivity index (χ3v) is 4.93. The molecule has 0 saturated carbocycles. The number of ether oxygens (including phenoxy) is 2. The van der Waals surface area contributed by atoms with Gasteiger partial charge in [-0.25, -0.2) is 4.79 Å². The second-order valence-electron chi connectivity index (χ2n) is 6.40. The minimum Gasteiger partial charge on any atom is -0.497 e. The van der Waals surface area contributed by atoms with Crippen LogP contribution in [0.2, 0.25) is 0 Å². The van der Waals surface area contributed by atoms with E-state index in [2.05, 4.69) is 11.5 Å². The van der Waals surface area contributed by atoms with Crippen LogP contribution >= 0.6 is 0 Å². The first kappa shape index (κ1) is 20.0. The smallest absolute Gasteiger partial charge is 0.332 e. The Kier molecular flexibility index (Phi) is 6.80. The van der Waals surface area contributed by atoms with Crippen molar-refractivity contribution < 1.29 is 19.1 Å². The molecule has 2 rings (SSSR count). The van der Waals surface area contributed by atoms with Crippen LogP contribution in [0.15, 0.2) is 36.9 Å². The van der Waals surface area contributed by atoms with Crippen LogP contribution in [0.4, 0.5) is 5.69 Å². The lowest BCUT2D eigenvalue weighted by Crippen LogP contribution is -2.62. The fourth-order valence-corrected chi connectivity index (χ4v) is 3.53. The number of benzene rings is 1. The highest BCUT2D eigenvalue weighted by molar-refractivity contribution is 6.02. The first-order chi connectivity index (χ1) is 12.5. The van der Waals surface area contributed by atoms with Crippen LogP contribution < -0.4 is 9.64 Å². The Hall–Kier alpha value is -2.34. The highest BCUT2D eigenvalue weighted by atomic mass is 16.5. The Labute approximate surface area is 155 Å². The summed E-state index contributed by atoms with van der Waals surface area (Å²) in [5, 5.41) is 0. The maximum atomic E-state index is 12.9. The number of carbonyl (C=O) groups is 2. The molecule has 0 atom stereocenters. The molecule has 0 unspecified atom stereocenters. The summed E-state index contributed by atoms with van der Waals surface area (Å²) in [5.41, 5.74) is -0.356. The van der Waals surface area contributed by atoms with Gasteiger partial charge >= 0.3 is 5.97 Å². The summed E-state index contributed by atoms with van der Waals surface area (Å²) < 4.78 is 10.4. The number of rotatable bonds is 7. The molecule has 0 spiro atoms. The molecular weight excluding hydrogens is 332 g/mol. The molecule has 1 amide bonds. The van der Waals surface area contributed by atoms with E-state index in [0.29, 0.717) is 43.8 Å². The zero-order chi connectivity index (χ0) is 19.2. The molecule has 0 aromatic heterocycles. The maximum Gasteiger partial charge on any atom is 0.332 e. The van der Waals surface area contributed by atoms with E-state index in [1.165, 1.54) is 7.11 Å². The normalized spacial score (nSPS) is 16.6. The van der Waals surface area contributed by atoms with Crippen LogP contribution in [0.1, 0.15) is 26.2 Å². The molecule has 1 heterocycles. The summed E-state index contributed by atoms with van der Waals surface area (Å²) in [4.78, 5) is 29.6. The van der Waals surface area contributed by atoms with Crippen molar-refractivity contribution in [3.63, 3.8) is 0 Å². The highest BCUT2D eigenvalue weighted by Gasteiger charge is 2.49. The number of anilines is 1. The lowest BCUT2D eigenvalue weighted by atomic mass is 9.84. The van der Waals surface area contributed by atoms with Gasteiger partial charge in [-0.15, -0.1) is 6.58 Å². The van der Waals surface area contributed by atoms with Gasteiger partial charge in [0.25, 0.3) is 0 Å². The Morgan fingerprint density at radius 3 is 2.54 bits per heavy atom. The standard InChI is InChI=1S/C20H28N2O4/c1-5-12-21-13-10-20(11-14-21,19(24)26-4)22(18(23)6-2)16-8-7-9-17(15-16)25-3/h5,7-9,15H,1,6,10-14H2,2-4H3. The van der Waals surface area contributed by atoms with Gasteiger partial charge in [0.15, 0.2) is 0 Å². The molecule has 0 bridgehead atoms. The molecular formula is C20H28N2O4. The molecule has 1 fully saturated rings. The van der Waals surface area contributed by atoms with E-state index in [4.69, 9.17) is 9.47 Å². The summed E-state index contributed by atoms with van der Waals surface area (Å²) in [6, 6.07) is 7.25. The van der Waals surface area contributed by atoms with E-state index in [-0.39, 0.29) is 11.9 Å². The number of likely N-dealkylation sites (tertiary alicyclic amines) is 1. The molecule has 0 radical (unpaired) electrons. The number of carbonyl (C=O) groups excluding carboxylic acids is 2. The monoisotopic (exact) mass is 360 g/mol. The molecule has 1 saturated heterocycles. The molecule has 1 aliphatic rings. The number of hydrogen-bond donors (Lipinski definition) is 0. The predicted octanol–water partition coefficient (Wildman–Crippen LogP) is 2.63. The molecule has 1 aliphatic heterocycles. The van der Waals surface area contributed by atoms with E-state index < -0.39 is 5.54 Å². The summed E-state index contributed by atoms with van der Waals surface area (Å²) in [7, 11) is 2.95. The van der Waals surface area contributed by atoms with Crippen molar-refractivity contribution in [1.29, 1.82) is 0 Å². The van der Waals surface area contributed by atoms with Gasteiger partial charge in [0, 0.05) is 37.8 Å². The van der Waals surface area contributed by atoms with Crippen molar-refractivity contribution >= 4 is 17.6 Å². The molecule has 6 nitrogen and oxygen atoms in total. The van der Waals surface area contributed by atoms with Crippen LogP contribution in [0, 0.1) is 0 Å². The average molecular weight is 360 g/mol. The van der Waals surface area contributed by atoms with Gasteiger partial charge in [0.1, 0.15) is 11.3 Å². The Bertz CT molecular complexity index is 651. The van der Waals surface area contributed by atoms with Gasteiger partial charge in [-0.2, -0.15) is 0 Å². The second kappa shape index (κ2) is 8.85. The van der Waals surface area contributed by atoms with E-state index in [1.807, 2.05) is 24.3 Å². The SMILES string of the molecule is C=CCN1CCC(C(=O)OC)(N(C(=O)CC)c2cccc(OC)c2)CC1. The van der Waals surface area contributed by atoms with E-state index >= 15 is 0 Å². The highest BCUT2D eigenvalue weighted by Crippen LogP contribution is 2.36. The number of nitrogens with zero attached hydrogens (tertiary/aromatic N) is 2. The van der Waals surface area contributed by atoms with Gasteiger partial charge in [-0.05, 0) is 25.0 Å². The zero-order valence-electron chi connectivity index (χ0n) is 15.9. The predicted molar refractivity (Wildman–Crippen MR) is 101 cm³/mol. The first-order valence-corrected chi connectivity index (χ1v) is 8.91. The Balaban J connectivity index is 2.48. The van der Waals surface area contributed by atoms with Gasteiger partial charge in [-0.1, -0.05) is 19.1 Å². The number of hydrogen-bond acceptors (Lipinski definition) is 5. The van der Waals surface area contributed by atoms with Crippen molar-refractivity contribution in [3.05, 3.63) is 36.9 Å².